The summed E-state index contributed by atoms with van der Waals surface area (Å²) in [6.07, 6.45) is 4.22. The zero-order valence-corrected chi connectivity index (χ0v) is 21.5. The number of aromatic nitrogens is 2. The van der Waals surface area contributed by atoms with Gasteiger partial charge in [0.2, 0.25) is 0 Å². The molecule has 0 spiro atoms. The van der Waals surface area contributed by atoms with Crippen LogP contribution in [0, 0.1) is 11.7 Å². The minimum atomic E-state index is -0.937. The van der Waals surface area contributed by atoms with Gasteiger partial charge in [0.25, 0.3) is 0 Å². The summed E-state index contributed by atoms with van der Waals surface area (Å²) in [4.78, 5) is 25.0. The number of hydrogen-bond acceptors (Lipinski definition) is 8. The molecule has 1 aliphatic heterocycles. The van der Waals surface area contributed by atoms with Crippen LogP contribution in [0.5, 0.6) is 5.75 Å². The highest BCUT2D eigenvalue weighted by atomic mass is 32.1. The predicted molar refractivity (Wildman–Crippen MR) is 142 cm³/mol. The summed E-state index contributed by atoms with van der Waals surface area (Å²) in [6.45, 7) is 3.28. The lowest BCUT2D eigenvalue weighted by Crippen LogP contribution is -2.39. The van der Waals surface area contributed by atoms with E-state index in [0.717, 1.165) is 61.5 Å². The summed E-state index contributed by atoms with van der Waals surface area (Å²) in [5, 5.41) is 10.8. The highest BCUT2D eigenvalue weighted by Crippen LogP contribution is 2.33. The van der Waals surface area contributed by atoms with Crippen LogP contribution in [0.4, 0.5) is 14.7 Å². The van der Waals surface area contributed by atoms with Gasteiger partial charge in [0.15, 0.2) is 10.3 Å². The van der Waals surface area contributed by atoms with Crippen molar-refractivity contribution in [3.8, 4) is 5.75 Å². The van der Waals surface area contributed by atoms with E-state index < -0.39 is 5.97 Å². The number of aromatic carboxylic acids is 1. The molecule has 7 nitrogen and oxygen atoms in total. The number of fused-ring (bicyclic) bond motifs is 1. The molecule has 0 unspecified atom stereocenters. The van der Waals surface area contributed by atoms with Gasteiger partial charge in [0.1, 0.15) is 16.4 Å². The van der Waals surface area contributed by atoms with E-state index in [1.165, 1.54) is 40.5 Å². The number of carboxylic acid groups (broad SMARTS) is 1. The maximum absolute atomic E-state index is 14.4. The van der Waals surface area contributed by atoms with E-state index in [0.29, 0.717) is 16.1 Å². The second-order valence-electron chi connectivity index (χ2n) is 8.87. The maximum atomic E-state index is 14.4. The van der Waals surface area contributed by atoms with E-state index in [1.54, 1.807) is 13.2 Å². The van der Waals surface area contributed by atoms with Crippen LogP contribution in [-0.2, 0) is 6.42 Å². The smallest absolute Gasteiger partial charge is 0.347 e. The van der Waals surface area contributed by atoms with Gasteiger partial charge in [-0.25, -0.2) is 19.2 Å². The summed E-state index contributed by atoms with van der Waals surface area (Å²) in [6, 6.07) is 13.1. The molecule has 1 N–H and O–H groups in total. The van der Waals surface area contributed by atoms with Crippen molar-refractivity contribution in [2.75, 3.05) is 43.1 Å². The molecule has 1 aliphatic rings. The fourth-order valence-electron chi connectivity index (χ4n) is 4.49. The molecule has 5 rings (SSSR count). The Bertz CT molecular complexity index is 1330. The normalized spacial score (nSPS) is 14.3. The first kappa shape index (κ1) is 24.5. The number of nitrogens with zero attached hydrogens (tertiary/aromatic N) is 4. The van der Waals surface area contributed by atoms with Crippen LogP contribution in [0.3, 0.4) is 0 Å². The van der Waals surface area contributed by atoms with E-state index in [-0.39, 0.29) is 10.7 Å². The van der Waals surface area contributed by atoms with Crippen LogP contribution >= 0.6 is 22.7 Å². The van der Waals surface area contributed by atoms with Crippen LogP contribution in [0.2, 0.25) is 0 Å². The largest absolute Gasteiger partial charge is 0.497 e. The molecule has 0 atom stereocenters. The number of anilines is 2. The quantitative estimate of drug-likeness (QED) is 0.306. The lowest BCUT2D eigenvalue weighted by atomic mass is 9.96. The van der Waals surface area contributed by atoms with Crippen molar-refractivity contribution in [3.05, 3.63) is 64.9 Å². The summed E-state index contributed by atoms with van der Waals surface area (Å²) in [7, 11) is 1.66. The zero-order chi connectivity index (χ0) is 25.1. The number of thiazole rings is 2. The van der Waals surface area contributed by atoms with Gasteiger partial charge in [-0.05, 0) is 55.0 Å². The average Bonchev–Trinajstić information content (AvgIpc) is 3.56. The number of ether oxygens (including phenoxy) is 1. The van der Waals surface area contributed by atoms with Gasteiger partial charge in [-0.15, -0.1) is 0 Å². The predicted octanol–water partition coefficient (Wildman–Crippen LogP) is 5.56. The van der Waals surface area contributed by atoms with Crippen molar-refractivity contribution >= 4 is 49.1 Å². The first-order chi connectivity index (χ1) is 17.5. The van der Waals surface area contributed by atoms with Crippen LogP contribution < -0.4 is 14.5 Å². The first-order valence-corrected chi connectivity index (χ1v) is 13.5. The number of carbonyl (C=O) groups is 1. The first-order valence-electron chi connectivity index (χ1n) is 11.9. The van der Waals surface area contributed by atoms with Gasteiger partial charge >= 0.3 is 5.97 Å². The Hall–Kier alpha value is -3.24. The van der Waals surface area contributed by atoms with Gasteiger partial charge in [-0.1, -0.05) is 40.9 Å². The van der Waals surface area contributed by atoms with Crippen molar-refractivity contribution in [2.24, 2.45) is 5.92 Å². The molecule has 2 aromatic carbocycles. The molecule has 3 heterocycles. The molecule has 0 amide bonds. The number of rotatable bonds is 9. The van der Waals surface area contributed by atoms with Gasteiger partial charge in [0.05, 0.1) is 23.5 Å². The van der Waals surface area contributed by atoms with Gasteiger partial charge in [0, 0.05) is 26.2 Å². The molecular weight excluding hydrogens is 499 g/mol. The van der Waals surface area contributed by atoms with Crippen molar-refractivity contribution in [1.29, 1.82) is 0 Å². The third kappa shape index (κ3) is 5.44. The standard InChI is InChI=1S/C26H27FN4O3S2/c1-34-19-7-5-17(6-8-19)9-14-31(26-29-21-4-2-3-20(27)23(21)36-26)16-18-10-12-30(13-11-18)25-28-15-22(35-25)24(32)33/h2-8,15,18H,9-14,16H2,1H3,(H,32,33). The van der Waals surface area contributed by atoms with Crippen LogP contribution in [0.25, 0.3) is 10.2 Å². The minimum absolute atomic E-state index is 0.233. The van der Waals surface area contributed by atoms with Crippen molar-refractivity contribution in [3.63, 3.8) is 0 Å². The molecule has 1 fully saturated rings. The Balaban J connectivity index is 1.29. The second kappa shape index (κ2) is 10.8. The fourth-order valence-corrected chi connectivity index (χ4v) is 6.30. The molecular formula is C26H27FN4O3S2. The number of piperidine rings is 1. The van der Waals surface area contributed by atoms with Gasteiger partial charge in [-0.2, -0.15) is 0 Å². The highest BCUT2D eigenvalue weighted by Gasteiger charge is 2.25. The third-order valence-corrected chi connectivity index (χ3v) is 8.71. The van der Waals surface area contributed by atoms with E-state index in [1.807, 2.05) is 18.2 Å². The van der Waals surface area contributed by atoms with E-state index in [4.69, 9.17) is 9.72 Å². The van der Waals surface area contributed by atoms with Crippen molar-refractivity contribution < 1.29 is 19.0 Å². The second-order valence-corrected chi connectivity index (χ2v) is 10.9. The molecule has 10 heteroatoms. The van der Waals surface area contributed by atoms with Crippen molar-refractivity contribution in [2.45, 2.75) is 19.3 Å². The molecule has 1 saturated heterocycles. The van der Waals surface area contributed by atoms with Crippen LogP contribution in [0.15, 0.2) is 48.7 Å². The van der Waals surface area contributed by atoms with Crippen LogP contribution in [0.1, 0.15) is 28.1 Å². The maximum Gasteiger partial charge on any atom is 0.347 e. The van der Waals surface area contributed by atoms with Gasteiger partial charge in [-0.3, -0.25) is 0 Å². The molecule has 188 valence electrons. The lowest BCUT2D eigenvalue weighted by molar-refractivity contribution is 0.0702. The summed E-state index contributed by atoms with van der Waals surface area (Å²) < 4.78 is 20.3. The van der Waals surface area contributed by atoms with E-state index in [2.05, 4.69) is 26.9 Å². The molecule has 36 heavy (non-hydrogen) atoms. The number of methoxy groups -OCH3 is 1. The minimum Gasteiger partial charge on any atom is -0.497 e. The zero-order valence-electron chi connectivity index (χ0n) is 19.9. The Morgan fingerprint density at radius 1 is 1.19 bits per heavy atom. The molecule has 4 aromatic rings. The fraction of sp³-hybridized carbons (Fsp3) is 0.346. The number of halogens is 1. The third-order valence-electron chi connectivity index (χ3n) is 6.52. The Labute approximate surface area is 216 Å². The molecule has 2 aromatic heterocycles. The Morgan fingerprint density at radius 2 is 1.97 bits per heavy atom. The summed E-state index contributed by atoms with van der Waals surface area (Å²) in [5.74, 6) is 0.116. The Morgan fingerprint density at radius 3 is 2.64 bits per heavy atom. The summed E-state index contributed by atoms with van der Waals surface area (Å²) >= 11 is 2.63. The SMILES string of the molecule is COc1ccc(CCN(CC2CCN(c3ncc(C(=O)O)s3)CC2)c2nc3cccc(F)c3s2)cc1. The molecule has 0 aliphatic carbocycles. The summed E-state index contributed by atoms with van der Waals surface area (Å²) in [5.41, 5.74) is 1.90. The highest BCUT2D eigenvalue weighted by molar-refractivity contribution is 7.22. The number of hydrogen-bond donors (Lipinski definition) is 1. The topological polar surface area (TPSA) is 78.8 Å². The number of benzene rings is 2. The molecule has 0 saturated carbocycles. The van der Waals surface area contributed by atoms with Gasteiger partial charge < -0.3 is 19.6 Å². The Kier molecular flexibility index (Phi) is 7.33. The van der Waals surface area contributed by atoms with Crippen molar-refractivity contribution in [1.82, 2.24) is 9.97 Å². The average molecular weight is 527 g/mol. The van der Waals surface area contributed by atoms with E-state index in [9.17, 15) is 14.3 Å². The van der Waals surface area contributed by atoms with E-state index >= 15 is 0 Å². The number of carboxylic acids is 1. The van der Waals surface area contributed by atoms with Crippen LogP contribution in [-0.4, -0.2) is 54.3 Å². The molecule has 0 radical (unpaired) electrons. The monoisotopic (exact) mass is 526 g/mol. The molecule has 0 bridgehead atoms. The lowest BCUT2D eigenvalue weighted by Gasteiger charge is -2.34.